The van der Waals surface area contributed by atoms with Crippen molar-refractivity contribution in [2.45, 2.75) is 58.5 Å². The number of piperidine rings is 1. The molecule has 5 heteroatoms. The van der Waals surface area contributed by atoms with E-state index in [-0.39, 0.29) is 5.91 Å². The molecule has 4 rings (SSSR count). The molecule has 2 aliphatic rings. The zero-order chi connectivity index (χ0) is 22.3. The normalized spacial score (nSPS) is 19.2. The highest BCUT2D eigenvalue weighted by molar-refractivity contribution is 5.95. The number of benzene rings is 1. The minimum atomic E-state index is -0.0447. The van der Waals surface area contributed by atoms with Crippen molar-refractivity contribution in [3.05, 3.63) is 53.9 Å². The molecule has 0 saturated carbocycles. The lowest BCUT2D eigenvalue weighted by Crippen LogP contribution is -2.43. The molecule has 0 spiro atoms. The van der Waals surface area contributed by atoms with Crippen LogP contribution in [0.15, 0.2) is 42.7 Å². The molecule has 5 nitrogen and oxygen atoms in total. The van der Waals surface area contributed by atoms with Crippen LogP contribution in [0.2, 0.25) is 0 Å². The number of nitrogens with zero attached hydrogens (tertiary/aromatic N) is 3. The molecule has 0 unspecified atom stereocenters. The molecule has 32 heavy (non-hydrogen) atoms. The van der Waals surface area contributed by atoms with E-state index in [1.54, 1.807) is 6.20 Å². The highest BCUT2D eigenvalue weighted by atomic mass is 16.1. The minimum Gasteiger partial charge on any atom is -0.352 e. The van der Waals surface area contributed by atoms with Crippen LogP contribution < -0.4 is 5.32 Å². The molecule has 2 saturated heterocycles. The second kappa shape index (κ2) is 11.1. The van der Waals surface area contributed by atoms with Gasteiger partial charge in [0.1, 0.15) is 0 Å². The second-order valence-electron chi connectivity index (χ2n) is 9.64. The summed E-state index contributed by atoms with van der Waals surface area (Å²) >= 11 is 0. The summed E-state index contributed by atoms with van der Waals surface area (Å²) in [6.45, 7) is 10.9. The monoisotopic (exact) mass is 434 g/mol. The van der Waals surface area contributed by atoms with E-state index in [1.165, 1.54) is 57.4 Å². The van der Waals surface area contributed by atoms with Crippen molar-refractivity contribution in [3.8, 4) is 11.1 Å². The number of hydrogen-bond donors (Lipinski definition) is 1. The molecular weight excluding hydrogens is 396 g/mol. The van der Waals surface area contributed by atoms with E-state index < -0.39 is 0 Å². The number of aromatic nitrogens is 1. The van der Waals surface area contributed by atoms with Crippen LogP contribution >= 0.6 is 0 Å². The van der Waals surface area contributed by atoms with Gasteiger partial charge in [-0.3, -0.25) is 14.7 Å². The van der Waals surface area contributed by atoms with E-state index in [1.807, 2.05) is 12.3 Å². The standard InChI is InChI=1S/C27H38N4O/c1-3-21(2)17-29-27(32)25-16-24(18-28-19-25)23-8-6-7-22(15-23)20-30-13-9-26(10-14-30)31-11-4-5-12-31/h6-8,15-16,18-19,21,26H,3-5,9-14,17,20H2,1-2H3,(H,29,32)/t21-/m0/s1. The van der Waals surface area contributed by atoms with Gasteiger partial charge >= 0.3 is 0 Å². The first-order chi connectivity index (χ1) is 15.6. The van der Waals surface area contributed by atoms with Crippen LogP contribution in [-0.4, -0.2) is 59.5 Å². The van der Waals surface area contributed by atoms with Gasteiger partial charge in [-0.1, -0.05) is 38.5 Å². The largest absolute Gasteiger partial charge is 0.352 e. The van der Waals surface area contributed by atoms with E-state index in [0.717, 1.165) is 30.1 Å². The number of amides is 1. The topological polar surface area (TPSA) is 48.5 Å². The fourth-order valence-electron chi connectivity index (χ4n) is 4.89. The van der Waals surface area contributed by atoms with Crippen molar-refractivity contribution in [1.82, 2.24) is 20.1 Å². The molecule has 0 aliphatic carbocycles. The maximum absolute atomic E-state index is 12.5. The summed E-state index contributed by atoms with van der Waals surface area (Å²) < 4.78 is 0. The van der Waals surface area contributed by atoms with Gasteiger partial charge < -0.3 is 10.2 Å². The van der Waals surface area contributed by atoms with Gasteiger partial charge in [0.25, 0.3) is 5.91 Å². The van der Waals surface area contributed by atoms with Crippen molar-refractivity contribution in [2.24, 2.45) is 5.92 Å². The van der Waals surface area contributed by atoms with Crippen LogP contribution in [0.25, 0.3) is 11.1 Å². The molecule has 1 amide bonds. The Bertz CT molecular complexity index is 885. The zero-order valence-corrected chi connectivity index (χ0v) is 19.7. The molecule has 2 aliphatic heterocycles. The summed E-state index contributed by atoms with van der Waals surface area (Å²) in [5.74, 6) is 0.434. The first-order valence-electron chi connectivity index (χ1n) is 12.4. The Kier molecular flexibility index (Phi) is 7.93. The Hall–Kier alpha value is -2.24. The van der Waals surface area contributed by atoms with Gasteiger partial charge in [-0.25, -0.2) is 0 Å². The maximum atomic E-state index is 12.5. The van der Waals surface area contributed by atoms with Gasteiger partial charge in [0.2, 0.25) is 0 Å². The van der Waals surface area contributed by atoms with E-state index in [9.17, 15) is 4.79 Å². The SMILES string of the molecule is CC[C@H](C)CNC(=O)c1cncc(-c2cccc(CN3CCC(N4CCCC4)CC3)c2)c1. The molecular formula is C27H38N4O. The number of rotatable bonds is 8. The summed E-state index contributed by atoms with van der Waals surface area (Å²) in [5, 5.41) is 3.03. The lowest BCUT2D eigenvalue weighted by molar-refractivity contribution is 0.0947. The number of likely N-dealkylation sites (tertiary alicyclic amines) is 2. The fraction of sp³-hybridized carbons (Fsp3) is 0.556. The summed E-state index contributed by atoms with van der Waals surface area (Å²) in [4.78, 5) is 22.2. The maximum Gasteiger partial charge on any atom is 0.252 e. The van der Waals surface area contributed by atoms with Gasteiger partial charge in [0.15, 0.2) is 0 Å². The van der Waals surface area contributed by atoms with Crippen LogP contribution in [0.4, 0.5) is 0 Å². The van der Waals surface area contributed by atoms with Crippen LogP contribution in [0.3, 0.4) is 0 Å². The number of hydrogen-bond acceptors (Lipinski definition) is 4. The van der Waals surface area contributed by atoms with E-state index in [2.05, 4.69) is 58.2 Å². The number of nitrogens with one attached hydrogen (secondary N) is 1. The molecule has 1 aromatic heterocycles. The molecule has 1 N–H and O–H groups in total. The smallest absolute Gasteiger partial charge is 0.252 e. The van der Waals surface area contributed by atoms with Gasteiger partial charge in [0.05, 0.1) is 5.56 Å². The van der Waals surface area contributed by atoms with Crippen LogP contribution in [0.5, 0.6) is 0 Å². The Morgan fingerprint density at radius 3 is 2.62 bits per heavy atom. The van der Waals surface area contributed by atoms with Crippen molar-refractivity contribution >= 4 is 5.91 Å². The van der Waals surface area contributed by atoms with E-state index in [4.69, 9.17) is 0 Å². The lowest BCUT2D eigenvalue weighted by Gasteiger charge is -2.36. The van der Waals surface area contributed by atoms with Crippen molar-refractivity contribution < 1.29 is 4.79 Å². The van der Waals surface area contributed by atoms with Gasteiger partial charge in [-0.15, -0.1) is 0 Å². The highest BCUT2D eigenvalue weighted by Crippen LogP contribution is 2.24. The minimum absolute atomic E-state index is 0.0447. The lowest BCUT2D eigenvalue weighted by atomic mass is 10.0. The van der Waals surface area contributed by atoms with Crippen LogP contribution in [0.1, 0.15) is 61.9 Å². The van der Waals surface area contributed by atoms with E-state index in [0.29, 0.717) is 18.0 Å². The molecule has 2 aromatic rings. The third-order valence-electron chi connectivity index (χ3n) is 7.19. The summed E-state index contributed by atoms with van der Waals surface area (Å²) in [6.07, 6.45) is 9.90. The first-order valence-corrected chi connectivity index (χ1v) is 12.4. The fourth-order valence-corrected chi connectivity index (χ4v) is 4.89. The molecule has 1 aromatic carbocycles. The quantitative estimate of drug-likeness (QED) is 0.660. The predicted molar refractivity (Wildman–Crippen MR) is 131 cm³/mol. The summed E-state index contributed by atoms with van der Waals surface area (Å²) in [5.41, 5.74) is 4.07. The Morgan fingerprint density at radius 2 is 1.88 bits per heavy atom. The Morgan fingerprint density at radius 1 is 1.09 bits per heavy atom. The summed E-state index contributed by atoms with van der Waals surface area (Å²) in [7, 11) is 0. The average molecular weight is 435 g/mol. The molecule has 2 fully saturated rings. The van der Waals surface area contributed by atoms with Gasteiger partial charge in [-0.2, -0.15) is 0 Å². The average Bonchev–Trinajstić information content (AvgIpc) is 3.38. The van der Waals surface area contributed by atoms with E-state index >= 15 is 0 Å². The van der Waals surface area contributed by atoms with Gasteiger partial charge in [0, 0.05) is 37.1 Å². The summed E-state index contributed by atoms with van der Waals surface area (Å²) in [6, 6.07) is 11.5. The van der Waals surface area contributed by atoms with Crippen molar-refractivity contribution in [2.75, 3.05) is 32.7 Å². The first kappa shape index (κ1) is 22.9. The van der Waals surface area contributed by atoms with Crippen LogP contribution in [0, 0.1) is 5.92 Å². The molecule has 0 bridgehead atoms. The van der Waals surface area contributed by atoms with Crippen molar-refractivity contribution in [1.29, 1.82) is 0 Å². The third-order valence-corrected chi connectivity index (χ3v) is 7.19. The molecule has 3 heterocycles. The molecule has 1 atom stereocenters. The number of carbonyl (C=O) groups is 1. The predicted octanol–water partition coefficient (Wildman–Crippen LogP) is 4.58. The second-order valence-corrected chi connectivity index (χ2v) is 9.64. The zero-order valence-electron chi connectivity index (χ0n) is 19.7. The highest BCUT2D eigenvalue weighted by Gasteiger charge is 2.26. The molecule has 172 valence electrons. The third kappa shape index (κ3) is 5.96. The molecule has 0 radical (unpaired) electrons. The Balaban J connectivity index is 1.36. The van der Waals surface area contributed by atoms with Crippen molar-refractivity contribution in [3.63, 3.8) is 0 Å². The number of pyridine rings is 1. The van der Waals surface area contributed by atoms with Crippen LogP contribution in [-0.2, 0) is 6.54 Å². The van der Waals surface area contributed by atoms with Gasteiger partial charge in [-0.05, 0) is 81.0 Å². The number of carbonyl (C=O) groups excluding carboxylic acids is 1. The Labute approximate surface area is 193 Å².